The molecule has 27 heavy (non-hydrogen) atoms. The van der Waals surface area contributed by atoms with Gasteiger partial charge < -0.3 is 15.4 Å². The first-order valence-corrected chi connectivity index (χ1v) is 9.71. The molecule has 1 aromatic rings. The molecule has 5 nitrogen and oxygen atoms in total. The molecule has 2 atom stereocenters. The average Bonchev–Trinajstić information content (AvgIpc) is 3.12. The van der Waals surface area contributed by atoms with Gasteiger partial charge in [-0.05, 0) is 37.8 Å². The van der Waals surface area contributed by atoms with Crippen molar-refractivity contribution in [1.29, 1.82) is 0 Å². The van der Waals surface area contributed by atoms with Gasteiger partial charge in [0.2, 0.25) is 0 Å². The predicted octanol–water partition coefficient (Wildman–Crippen LogP) is 3.30. The zero-order chi connectivity index (χ0) is 18.4. The lowest BCUT2D eigenvalue weighted by molar-refractivity contribution is -0.0705. The number of aliphatic imine (C=N–C) groups is 1. The summed E-state index contributed by atoms with van der Waals surface area (Å²) in [6.45, 7) is 8.04. The molecule has 0 spiro atoms. The van der Waals surface area contributed by atoms with Gasteiger partial charge in [0, 0.05) is 39.3 Å². The Morgan fingerprint density at radius 2 is 1.74 bits per heavy atom. The van der Waals surface area contributed by atoms with Crippen LogP contribution in [0.3, 0.4) is 0 Å². The van der Waals surface area contributed by atoms with Crippen LogP contribution in [-0.2, 0) is 17.8 Å². The summed E-state index contributed by atoms with van der Waals surface area (Å²) in [6.07, 6.45) is 7.20. The van der Waals surface area contributed by atoms with Crippen LogP contribution in [0.2, 0.25) is 0 Å². The Balaban J connectivity index is 0.00000261. The van der Waals surface area contributed by atoms with E-state index >= 15 is 0 Å². The molecule has 0 aromatic heterocycles. The molecule has 0 saturated carbocycles. The number of guanidine groups is 1. The van der Waals surface area contributed by atoms with Crippen molar-refractivity contribution in [3.8, 4) is 0 Å². The van der Waals surface area contributed by atoms with Gasteiger partial charge in [0.25, 0.3) is 0 Å². The van der Waals surface area contributed by atoms with Crippen molar-refractivity contribution in [2.24, 2.45) is 4.99 Å². The molecule has 150 valence electrons. The highest BCUT2D eigenvalue weighted by atomic mass is 127. The minimum atomic E-state index is 0. The fourth-order valence-electron chi connectivity index (χ4n) is 3.84. The fraction of sp³-hybridized carbons (Fsp3) is 0.571. The molecule has 2 aliphatic rings. The van der Waals surface area contributed by atoms with Crippen molar-refractivity contribution in [3.05, 3.63) is 47.5 Å². The summed E-state index contributed by atoms with van der Waals surface area (Å²) in [4.78, 5) is 6.87. The maximum Gasteiger partial charge on any atom is 0.191 e. The number of morpholine rings is 1. The Morgan fingerprint density at radius 3 is 2.37 bits per heavy atom. The molecule has 1 saturated heterocycles. The fourth-order valence-corrected chi connectivity index (χ4v) is 3.84. The summed E-state index contributed by atoms with van der Waals surface area (Å²) >= 11 is 0. The molecule has 1 aromatic carbocycles. The molecule has 1 heterocycles. The van der Waals surface area contributed by atoms with E-state index in [9.17, 15) is 0 Å². The second-order valence-electron chi connectivity index (χ2n) is 7.43. The maximum atomic E-state index is 5.86. The molecule has 1 aliphatic heterocycles. The van der Waals surface area contributed by atoms with Gasteiger partial charge in [0.15, 0.2) is 5.96 Å². The first kappa shape index (κ1) is 22.2. The zero-order valence-corrected chi connectivity index (χ0v) is 19.0. The summed E-state index contributed by atoms with van der Waals surface area (Å²) < 4.78 is 5.86. The first-order valence-electron chi connectivity index (χ1n) is 9.71. The van der Waals surface area contributed by atoms with Crippen LogP contribution in [0.5, 0.6) is 0 Å². The van der Waals surface area contributed by atoms with Gasteiger partial charge in [0.05, 0.1) is 12.2 Å². The number of ether oxygens (including phenoxy) is 1. The number of nitrogens with one attached hydrogen (secondary N) is 2. The van der Waals surface area contributed by atoms with Crippen molar-refractivity contribution >= 4 is 29.9 Å². The van der Waals surface area contributed by atoms with E-state index < -0.39 is 0 Å². The van der Waals surface area contributed by atoms with Crippen LogP contribution in [0.25, 0.3) is 0 Å². The van der Waals surface area contributed by atoms with E-state index in [1.54, 1.807) is 0 Å². The van der Waals surface area contributed by atoms with Gasteiger partial charge in [-0.15, -0.1) is 24.0 Å². The standard InChI is InChI=1S/C21H32N4O.HI/c1-16-13-25(14-17(2)26-16)15-19-9-5-4-8-18(19)12-23-21(22-3)24-20-10-6-7-11-20;/h4-9,16-17,20H,10-15H2,1-3H3,(H2,22,23,24);1H. The van der Waals surface area contributed by atoms with Crippen LogP contribution in [0.4, 0.5) is 0 Å². The number of hydrogen-bond donors (Lipinski definition) is 2. The molecule has 2 N–H and O–H groups in total. The Bertz CT molecular complexity index is 631. The van der Waals surface area contributed by atoms with Gasteiger partial charge in [-0.25, -0.2) is 0 Å². The Kier molecular flexibility index (Phi) is 9.05. The number of benzene rings is 1. The van der Waals surface area contributed by atoms with Crippen LogP contribution in [-0.4, -0.2) is 49.2 Å². The van der Waals surface area contributed by atoms with Crippen LogP contribution in [0.15, 0.2) is 41.4 Å². The van der Waals surface area contributed by atoms with Crippen molar-refractivity contribution in [3.63, 3.8) is 0 Å². The molecule has 2 unspecified atom stereocenters. The topological polar surface area (TPSA) is 48.9 Å². The third kappa shape index (κ3) is 6.76. The molecular formula is C21H33IN4O. The summed E-state index contributed by atoms with van der Waals surface area (Å²) in [5.74, 6) is 0.877. The van der Waals surface area contributed by atoms with E-state index in [0.717, 1.165) is 45.0 Å². The van der Waals surface area contributed by atoms with Crippen molar-refractivity contribution in [1.82, 2.24) is 15.5 Å². The third-order valence-corrected chi connectivity index (χ3v) is 5.03. The summed E-state index contributed by atoms with van der Waals surface area (Å²) in [7, 11) is 1.83. The van der Waals surface area contributed by atoms with Crippen molar-refractivity contribution in [2.75, 3.05) is 20.1 Å². The third-order valence-electron chi connectivity index (χ3n) is 5.03. The van der Waals surface area contributed by atoms with Gasteiger partial charge in [-0.3, -0.25) is 9.89 Å². The average molecular weight is 484 g/mol. The maximum absolute atomic E-state index is 5.86. The van der Waals surface area contributed by atoms with Gasteiger partial charge in [-0.2, -0.15) is 0 Å². The van der Waals surface area contributed by atoms with E-state index in [1.165, 1.54) is 11.1 Å². The van der Waals surface area contributed by atoms with E-state index in [1.807, 2.05) is 7.05 Å². The second-order valence-corrected chi connectivity index (χ2v) is 7.43. The SMILES string of the molecule is CN=C(NCc1ccccc1CN1CC(C)OC(C)C1)NC1CC=CC1.I. The van der Waals surface area contributed by atoms with E-state index in [2.05, 4.69) is 70.8 Å². The molecule has 6 heteroatoms. The second kappa shape index (κ2) is 11.0. The first-order chi connectivity index (χ1) is 12.6. The summed E-state index contributed by atoms with van der Waals surface area (Å²) in [5, 5.41) is 6.97. The molecule has 0 bridgehead atoms. The molecule has 0 amide bonds. The van der Waals surface area contributed by atoms with Gasteiger partial charge in [0.1, 0.15) is 0 Å². The molecular weight excluding hydrogens is 451 g/mol. The Morgan fingerprint density at radius 1 is 1.11 bits per heavy atom. The zero-order valence-electron chi connectivity index (χ0n) is 16.6. The minimum absolute atomic E-state index is 0. The minimum Gasteiger partial charge on any atom is -0.373 e. The lowest BCUT2D eigenvalue weighted by Crippen LogP contribution is -2.45. The van der Waals surface area contributed by atoms with Gasteiger partial charge in [-0.1, -0.05) is 36.4 Å². The van der Waals surface area contributed by atoms with Crippen LogP contribution in [0.1, 0.15) is 37.8 Å². The molecule has 3 rings (SSSR count). The lowest BCUT2D eigenvalue weighted by atomic mass is 10.1. The number of nitrogens with zero attached hydrogens (tertiary/aromatic N) is 2. The van der Waals surface area contributed by atoms with Crippen molar-refractivity contribution in [2.45, 2.75) is 58.0 Å². The predicted molar refractivity (Wildman–Crippen MR) is 123 cm³/mol. The Hall–Kier alpha value is -1.12. The van der Waals surface area contributed by atoms with Crippen LogP contribution in [0, 0.1) is 0 Å². The Labute approximate surface area is 180 Å². The monoisotopic (exact) mass is 484 g/mol. The molecule has 1 aliphatic carbocycles. The largest absolute Gasteiger partial charge is 0.373 e. The smallest absolute Gasteiger partial charge is 0.191 e. The van der Waals surface area contributed by atoms with Crippen molar-refractivity contribution < 1.29 is 4.74 Å². The summed E-state index contributed by atoms with van der Waals surface area (Å²) in [5.41, 5.74) is 2.70. The van der Waals surface area contributed by atoms with E-state index in [4.69, 9.17) is 4.74 Å². The van der Waals surface area contributed by atoms with E-state index in [0.29, 0.717) is 18.2 Å². The number of rotatable bonds is 5. The highest BCUT2D eigenvalue weighted by molar-refractivity contribution is 14.0. The highest BCUT2D eigenvalue weighted by Crippen LogP contribution is 2.17. The highest BCUT2D eigenvalue weighted by Gasteiger charge is 2.22. The van der Waals surface area contributed by atoms with Crippen LogP contribution < -0.4 is 10.6 Å². The number of hydrogen-bond acceptors (Lipinski definition) is 3. The lowest BCUT2D eigenvalue weighted by Gasteiger charge is -2.35. The number of halogens is 1. The summed E-state index contributed by atoms with van der Waals surface area (Å²) in [6, 6.07) is 9.15. The quantitative estimate of drug-likeness (QED) is 0.292. The van der Waals surface area contributed by atoms with Crippen LogP contribution >= 0.6 is 24.0 Å². The molecule has 1 fully saturated rings. The molecule has 0 radical (unpaired) electrons. The normalized spacial score (nSPS) is 23.9. The van der Waals surface area contributed by atoms with Gasteiger partial charge >= 0.3 is 0 Å². The van der Waals surface area contributed by atoms with E-state index in [-0.39, 0.29) is 24.0 Å².